The van der Waals surface area contributed by atoms with Crippen LogP contribution in [0.4, 0.5) is 0 Å². The van der Waals surface area contributed by atoms with Gasteiger partial charge in [-0.15, -0.1) is 0 Å². The van der Waals surface area contributed by atoms with Crippen molar-refractivity contribution >= 4 is 9.84 Å². The molecule has 0 aromatic heterocycles. The predicted molar refractivity (Wildman–Crippen MR) is 65.9 cm³/mol. The molecule has 0 saturated heterocycles. The summed E-state index contributed by atoms with van der Waals surface area (Å²) in [5, 5.41) is 3.25. The molecule has 0 aliphatic rings. The Morgan fingerprint density at radius 2 is 1.73 bits per heavy atom. The van der Waals surface area contributed by atoms with Crippen LogP contribution in [0.1, 0.15) is 45.4 Å². The number of hydrogen-bond acceptors (Lipinski definition) is 3. The van der Waals surface area contributed by atoms with Crippen molar-refractivity contribution in [2.24, 2.45) is 0 Å². The van der Waals surface area contributed by atoms with Gasteiger partial charge in [-0.1, -0.05) is 26.2 Å². The van der Waals surface area contributed by atoms with E-state index in [1.807, 2.05) is 7.05 Å². The molecular weight excluding hydrogens is 210 g/mol. The van der Waals surface area contributed by atoms with Gasteiger partial charge in [-0.3, -0.25) is 0 Å². The highest BCUT2D eigenvalue weighted by atomic mass is 32.2. The van der Waals surface area contributed by atoms with E-state index in [9.17, 15) is 8.42 Å². The third-order valence-corrected chi connectivity index (χ3v) is 3.66. The predicted octanol–water partition coefficient (Wildman–Crippen LogP) is 1.98. The molecule has 0 fully saturated rings. The second kappa shape index (κ2) is 8.11. The zero-order valence-corrected chi connectivity index (χ0v) is 11.1. The average molecular weight is 235 g/mol. The van der Waals surface area contributed by atoms with Gasteiger partial charge >= 0.3 is 0 Å². The quantitative estimate of drug-likeness (QED) is 0.622. The van der Waals surface area contributed by atoms with Crippen LogP contribution in [0.2, 0.25) is 0 Å². The highest BCUT2D eigenvalue weighted by Gasteiger charge is 2.08. The molecule has 0 aliphatic carbocycles. The smallest absolute Gasteiger partial charge is 0.147 e. The number of rotatable bonds is 9. The molecule has 0 bridgehead atoms. The minimum atomic E-state index is -2.78. The van der Waals surface area contributed by atoms with E-state index in [1.54, 1.807) is 0 Å². The summed E-state index contributed by atoms with van der Waals surface area (Å²) in [5.74, 6) is 0.318. The van der Waals surface area contributed by atoms with Gasteiger partial charge in [0.25, 0.3) is 0 Å². The van der Waals surface area contributed by atoms with Crippen LogP contribution >= 0.6 is 0 Å². The molecule has 0 aromatic carbocycles. The first kappa shape index (κ1) is 14.9. The fraction of sp³-hybridized carbons (Fsp3) is 1.00. The molecule has 0 rings (SSSR count). The van der Waals surface area contributed by atoms with Crippen molar-refractivity contribution in [1.29, 1.82) is 0 Å². The maximum Gasteiger partial charge on any atom is 0.147 e. The standard InChI is InChI=1S/C11H25NO2S/c1-4-5-6-8-11(12-2)9-7-10-15(3,13)14/h11-12H,4-10H2,1-3H3. The van der Waals surface area contributed by atoms with Crippen molar-refractivity contribution in [2.75, 3.05) is 19.1 Å². The van der Waals surface area contributed by atoms with Gasteiger partial charge < -0.3 is 5.32 Å². The summed E-state index contributed by atoms with van der Waals surface area (Å²) in [6, 6.07) is 0.485. The molecule has 0 aliphatic heterocycles. The van der Waals surface area contributed by atoms with Crippen molar-refractivity contribution in [3.63, 3.8) is 0 Å². The van der Waals surface area contributed by atoms with Gasteiger partial charge in [0.05, 0.1) is 0 Å². The molecule has 0 aromatic rings. The molecule has 0 spiro atoms. The van der Waals surface area contributed by atoms with E-state index in [1.165, 1.54) is 25.5 Å². The van der Waals surface area contributed by atoms with Crippen LogP contribution in [0.5, 0.6) is 0 Å². The van der Waals surface area contributed by atoms with Gasteiger partial charge in [-0.05, 0) is 26.3 Å². The summed E-state index contributed by atoms with van der Waals surface area (Å²) < 4.78 is 21.9. The van der Waals surface area contributed by atoms with Crippen LogP contribution in [0.25, 0.3) is 0 Å². The van der Waals surface area contributed by atoms with E-state index in [-0.39, 0.29) is 0 Å². The summed E-state index contributed by atoms with van der Waals surface area (Å²) in [4.78, 5) is 0. The number of sulfone groups is 1. The summed E-state index contributed by atoms with van der Waals surface area (Å²) in [5.41, 5.74) is 0. The topological polar surface area (TPSA) is 46.2 Å². The fourth-order valence-electron chi connectivity index (χ4n) is 1.67. The summed E-state index contributed by atoms with van der Waals surface area (Å²) in [6.45, 7) is 2.19. The molecule has 92 valence electrons. The average Bonchev–Trinajstić information content (AvgIpc) is 2.14. The van der Waals surface area contributed by atoms with Gasteiger partial charge in [0.2, 0.25) is 0 Å². The Hall–Kier alpha value is -0.0900. The maximum atomic E-state index is 10.9. The Kier molecular flexibility index (Phi) is 8.06. The Morgan fingerprint density at radius 3 is 2.20 bits per heavy atom. The summed E-state index contributed by atoms with van der Waals surface area (Å²) in [6.07, 6.45) is 7.95. The first-order chi connectivity index (χ1) is 6.99. The fourth-order valence-corrected chi connectivity index (χ4v) is 2.36. The zero-order chi connectivity index (χ0) is 11.7. The monoisotopic (exact) mass is 235 g/mol. The van der Waals surface area contributed by atoms with Crippen molar-refractivity contribution in [3.8, 4) is 0 Å². The van der Waals surface area contributed by atoms with Gasteiger partial charge in [0.1, 0.15) is 9.84 Å². The Labute approximate surface area is 94.6 Å². The zero-order valence-electron chi connectivity index (χ0n) is 10.3. The van der Waals surface area contributed by atoms with Gasteiger partial charge in [0.15, 0.2) is 0 Å². The molecule has 0 heterocycles. The van der Waals surface area contributed by atoms with Crippen LogP contribution in [-0.2, 0) is 9.84 Å². The molecule has 15 heavy (non-hydrogen) atoms. The minimum absolute atomic E-state index is 0.318. The highest BCUT2D eigenvalue weighted by Crippen LogP contribution is 2.08. The van der Waals surface area contributed by atoms with Gasteiger partial charge in [-0.2, -0.15) is 0 Å². The lowest BCUT2D eigenvalue weighted by Gasteiger charge is -2.15. The van der Waals surface area contributed by atoms with E-state index in [4.69, 9.17) is 0 Å². The third-order valence-electron chi connectivity index (χ3n) is 2.63. The second-order valence-corrected chi connectivity index (χ2v) is 6.51. The molecule has 4 heteroatoms. The van der Waals surface area contributed by atoms with Crippen LogP contribution in [0.15, 0.2) is 0 Å². The largest absolute Gasteiger partial charge is 0.317 e. The van der Waals surface area contributed by atoms with E-state index in [0.717, 1.165) is 19.3 Å². The lowest BCUT2D eigenvalue weighted by atomic mass is 10.0. The van der Waals surface area contributed by atoms with Crippen LogP contribution in [-0.4, -0.2) is 33.5 Å². The van der Waals surface area contributed by atoms with Crippen molar-refractivity contribution < 1.29 is 8.42 Å². The summed E-state index contributed by atoms with van der Waals surface area (Å²) in [7, 11) is -0.826. The van der Waals surface area contributed by atoms with Crippen molar-refractivity contribution in [2.45, 2.75) is 51.5 Å². The molecule has 3 nitrogen and oxygen atoms in total. The molecule has 1 N–H and O–H groups in total. The van der Waals surface area contributed by atoms with E-state index >= 15 is 0 Å². The minimum Gasteiger partial charge on any atom is -0.317 e. The number of unbranched alkanes of at least 4 members (excludes halogenated alkanes) is 2. The maximum absolute atomic E-state index is 10.9. The number of hydrogen-bond donors (Lipinski definition) is 1. The van der Waals surface area contributed by atoms with Gasteiger partial charge in [-0.25, -0.2) is 8.42 Å². The van der Waals surface area contributed by atoms with Gasteiger partial charge in [0, 0.05) is 18.1 Å². The Balaban J connectivity index is 3.61. The van der Waals surface area contributed by atoms with Crippen LogP contribution < -0.4 is 5.32 Å². The van der Waals surface area contributed by atoms with Crippen molar-refractivity contribution in [1.82, 2.24) is 5.32 Å². The second-order valence-electron chi connectivity index (χ2n) is 4.25. The molecule has 0 saturated carbocycles. The Morgan fingerprint density at radius 1 is 1.13 bits per heavy atom. The lowest BCUT2D eigenvalue weighted by molar-refractivity contribution is 0.460. The summed E-state index contributed by atoms with van der Waals surface area (Å²) >= 11 is 0. The molecular formula is C11H25NO2S. The van der Waals surface area contributed by atoms with Crippen LogP contribution in [0.3, 0.4) is 0 Å². The molecule has 1 atom stereocenters. The third kappa shape index (κ3) is 10.2. The van der Waals surface area contributed by atoms with E-state index in [2.05, 4.69) is 12.2 Å². The first-order valence-electron chi connectivity index (χ1n) is 5.84. The van der Waals surface area contributed by atoms with Crippen molar-refractivity contribution in [3.05, 3.63) is 0 Å². The normalized spacial score (nSPS) is 14.1. The molecule has 0 radical (unpaired) electrons. The number of nitrogens with one attached hydrogen (secondary N) is 1. The van der Waals surface area contributed by atoms with E-state index in [0.29, 0.717) is 11.8 Å². The first-order valence-corrected chi connectivity index (χ1v) is 7.90. The molecule has 1 unspecified atom stereocenters. The van der Waals surface area contributed by atoms with Crippen LogP contribution in [0, 0.1) is 0 Å². The van der Waals surface area contributed by atoms with E-state index < -0.39 is 9.84 Å². The highest BCUT2D eigenvalue weighted by molar-refractivity contribution is 7.90. The molecule has 0 amide bonds. The lowest BCUT2D eigenvalue weighted by Crippen LogP contribution is -2.25. The Bertz CT molecular complexity index is 237. The SMILES string of the molecule is CCCCCC(CCCS(C)(=O)=O)NC.